The number of hydrogen-bond donors (Lipinski definition) is 2. The molecule has 300 valence electrons. The van der Waals surface area contributed by atoms with Crippen molar-refractivity contribution in [2.45, 2.75) is 98.6 Å². The lowest BCUT2D eigenvalue weighted by Crippen LogP contribution is -2.61. The van der Waals surface area contributed by atoms with Crippen molar-refractivity contribution in [3.05, 3.63) is 96.6 Å². The summed E-state index contributed by atoms with van der Waals surface area (Å²) in [7, 11) is -3.53. The van der Waals surface area contributed by atoms with Crippen LogP contribution in [-0.2, 0) is 25.5 Å². The Kier molecular flexibility index (Phi) is 11.9. The first-order valence-electron chi connectivity index (χ1n) is 18.2. The number of nitrogens with zero attached hydrogens (tertiary/aromatic N) is 2. The summed E-state index contributed by atoms with van der Waals surface area (Å²) in [6.07, 6.45) is 1.59. The minimum absolute atomic E-state index is 0.134. The first-order chi connectivity index (χ1) is 26.4. The van der Waals surface area contributed by atoms with Gasteiger partial charge in [-0.05, 0) is 111 Å². The van der Waals surface area contributed by atoms with Crippen LogP contribution in [0.1, 0.15) is 56.9 Å². The highest BCUT2D eigenvalue weighted by Gasteiger charge is 2.56. The predicted octanol–water partition coefficient (Wildman–Crippen LogP) is 7.85. The number of para-hydroxylation sites is 1. The van der Waals surface area contributed by atoms with E-state index in [4.69, 9.17) is 25.1 Å². The number of benzene rings is 4. The predicted molar refractivity (Wildman–Crippen MR) is 197 cm³/mol. The van der Waals surface area contributed by atoms with Gasteiger partial charge < -0.3 is 25.2 Å². The third kappa shape index (κ3) is 8.92. The molecule has 2 bridgehead atoms. The molecule has 2 saturated heterocycles. The molecule has 3 aliphatic rings. The zero-order valence-corrected chi connectivity index (χ0v) is 31.2. The summed E-state index contributed by atoms with van der Waals surface area (Å²) >= 11 is 0. The fourth-order valence-corrected chi connectivity index (χ4v) is 9.10. The van der Waals surface area contributed by atoms with Gasteiger partial charge in [-0.2, -0.15) is 26.3 Å². The van der Waals surface area contributed by atoms with Crippen molar-refractivity contribution in [2.24, 2.45) is 5.73 Å². The molecular formula is C40H42F5N3O7S. The second-order valence-corrected chi connectivity index (χ2v) is 16.3. The summed E-state index contributed by atoms with van der Waals surface area (Å²) in [5, 5.41) is 8.49. The number of rotatable bonds is 10. The Bertz CT molecular complexity index is 2140. The molecule has 4 aromatic carbocycles. The van der Waals surface area contributed by atoms with E-state index in [1.807, 2.05) is 12.1 Å². The second-order valence-electron chi connectivity index (χ2n) is 14.3. The van der Waals surface area contributed by atoms with E-state index in [1.54, 1.807) is 42.5 Å². The molecule has 2 aliphatic heterocycles. The van der Waals surface area contributed by atoms with Crippen LogP contribution < -0.4 is 15.2 Å². The van der Waals surface area contributed by atoms with Gasteiger partial charge in [0.2, 0.25) is 15.9 Å². The van der Waals surface area contributed by atoms with Crippen molar-refractivity contribution in [3.63, 3.8) is 0 Å². The molecule has 10 nitrogen and oxygen atoms in total. The Morgan fingerprint density at radius 3 is 2.02 bits per heavy atom. The fourth-order valence-electron chi connectivity index (χ4n) is 7.75. The number of halogens is 5. The number of carbonyl (C=O) groups excluding carboxylic acids is 1. The highest BCUT2D eigenvalue weighted by molar-refractivity contribution is 7.89. The normalized spacial score (nSPS) is 20.7. The smallest absolute Gasteiger partial charge is 0.490 e. The van der Waals surface area contributed by atoms with Crippen molar-refractivity contribution < 1.29 is 54.5 Å². The average molecular weight is 804 g/mol. The summed E-state index contributed by atoms with van der Waals surface area (Å²) in [5.41, 5.74) is 5.71. The number of sulfonamides is 1. The van der Waals surface area contributed by atoms with Crippen LogP contribution in [0.25, 0.3) is 10.8 Å². The average Bonchev–Trinajstić information content (AvgIpc) is 3.76. The van der Waals surface area contributed by atoms with Crippen LogP contribution in [0.3, 0.4) is 0 Å². The van der Waals surface area contributed by atoms with Gasteiger partial charge in [0, 0.05) is 30.7 Å². The number of alkyl halides is 5. The van der Waals surface area contributed by atoms with Gasteiger partial charge in [-0.3, -0.25) is 4.79 Å². The lowest BCUT2D eigenvalue weighted by Gasteiger charge is -2.42. The van der Waals surface area contributed by atoms with Crippen LogP contribution >= 0.6 is 0 Å². The van der Waals surface area contributed by atoms with Crippen molar-refractivity contribution in [1.82, 2.24) is 9.21 Å². The Morgan fingerprint density at radius 2 is 1.39 bits per heavy atom. The standard InChI is InChI=1S/C38H41F2N3O5S.C2HF3O2/c1-42(49(45,46)35-19-15-25-20-34(18-14-26(25)21-35)48-32-11-5-6-12-32)36(37(44)43-29-16-17-30(43)24-28(41)23-29)38(39,40)27-8-7-13-33(22-27)47-31-9-3-2-4-10-31;3-2(4,5)1(6)7/h2-4,7-10,13-15,18-22,28-30,32,36H,5-6,11-12,16-17,23-24,41H2,1H3;(H,6,7)/t28?,29?,30?,36-;/m1./s1. The summed E-state index contributed by atoms with van der Waals surface area (Å²) in [4.78, 5) is 24.6. The van der Waals surface area contributed by atoms with E-state index >= 15 is 8.78 Å². The Balaban J connectivity index is 0.000000695. The number of piperidine rings is 1. The Hall–Kier alpha value is -4.80. The van der Waals surface area contributed by atoms with Crippen LogP contribution in [0, 0.1) is 0 Å². The van der Waals surface area contributed by atoms with Gasteiger partial charge in [0.15, 0.2) is 6.04 Å². The molecule has 2 heterocycles. The minimum Gasteiger partial charge on any atom is -0.490 e. The van der Waals surface area contributed by atoms with Crippen molar-refractivity contribution >= 4 is 32.7 Å². The van der Waals surface area contributed by atoms with Crippen LogP contribution in [0.4, 0.5) is 22.0 Å². The molecular weight excluding hydrogens is 762 g/mol. The molecule has 4 aromatic rings. The van der Waals surface area contributed by atoms with Gasteiger partial charge in [0.25, 0.3) is 5.92 Å². The maximum absolute atomic E-state index is 17.0. The number of hydrogen-bond acceptors (Lipinski definition) is 7. The van der Waals surface area contributed by atoms with Crippen LogP contribution in [0.15, 0.2) is 95.9 Å². The summed E-state index contributed by atoms with van der Waals surface area (Å²) in [6.45, 7) is 0. The number of carboxylic acid groups (broad SMARTS) is 1. The van der Waals surface area contributed by atoms with E-state index in [2.05, 4.69) is 0 Å². The van der Waals surface area contributed by atoms with Gasteiger partial charge in [-0.15, -0.1) is 0 Å². The lowest BCUT2D eigenvalue weighted by atomic mass is 9.94. The molecule has 3 atom stereocenters. The molecule has 7 rings (SSSR count). The molecule has 3 fully saturated rings. The van der Waals surface area contributed by atoms with Crippen molar-refractivity contribution in [1.29, 1.82) is 0 Å². The van der Waals surface area contributed by atoms with E-state index in [1.165, 1.54) is 35.2 Å². The van der Waals surface area contributed by atoms with E-state index in [0.717, 1.165) is 44.2 Å². The van der Waals surface area contributed by atoms with Crippen LogP contribution in [-0.4, -0.2) is 78.1 Å². The number of carboxylic acids is 1. The molecule has 2 unspecified atom stereocenters. The molecule has 1 saturated carbocycles. The number of aliphatic carboxylic acids is 1. The van der Waals surface area contributed by atoms with Crippen LogP contribution in [0.2, 0.25) is 0 Å². The number of likely N-dealkylation sites (N-methyl/N-ethyl adjacent to an activating group) is 1. The van der Waals surface area contributed by atoms with Gasteiger partial charge >= 0.3 is 12.1 Å². The Morgan fingerprint density at radius 1 is 0.804 bits per heavy atom. The monoisotopic (exact) mass is 803 g/mol. The Labute approximate surface area is 321 Å². The summed E-state index contributed by atoms with van der Waals surface area (Å²) in [6, 6.07) is 20.8. The van der Waals surface area contributed by atoms with Crippen molar-refractivity contribution in [3.8, 4) is 17.2 Å². The van der Waals surface area contributed by atoms with Gasteiger partial charge in [-0.25, -0.2) is 13.2 Å². The highest BCUT2D eigenvalue weighted by Crippen LogP contribution is 2.43. The topological polar surface area (TPSA) is 139 Å². The highest BCUT2D eigenvalue weighted by atomic mass is 32.2. The first kappa shape index (κ1) is 40.9. The van der Waals surface area contributed by atoms with E-state index in [-0.39, 0.29) is 34.9 Å². The fraction of sp³-hybridized carbons (Fsp3) is 0.400. The van der Waals surface area contributed by atoms with E-state index < -0.39 is 45.6 Å². The number of carbonyl (C=O) groups is 2. The van der Waals surface area contributed by atoms with Gasteiger partial charge in [0.1, 0.15) is 17.2 Å². The number of nitrogens with two attached hydrogens (primary N) is 1. The molecule has 1 amide bonds. The number of ether oxygens (including phenoxy) is 2. The van der Waals surface area contributed by atoms with Gasteiger partial charge in [-0.1, -0.05) is 42.5 Å². The maximum Gasteiger partial charge on any atom is 0.490 e. The third-order valence-electron chi connectivity index (χ3n) is 10.5. The van der Waals surface area contributed by atoms with E-state index in [9.17, 15) is 26.4 Å². The molecule has 1 aliphatic carbocycles. The molecule has 0 radical (unpaired) electrons. The quantitative estimate of drug-likeness (QED) is 0.155. The molecule has 0 spiro atoms. The van der Waals surface area contributed by atoms with Crippen molar-refractivity contribution in [2.75, 3.05) is 7.05 Å². The van der Waals surface area contributed by atoms with Gasteiger partial charge in [0.05, 0.1) is 11.0 Å². The third-order valence-corrected chi connectivity index (χ3v) is 12.3. The zero-order chi connectivity index (χ0) is 40.4. The number of amides is 1. The molecule has 56 heavy (non-hydrogen) atoms. The molecule has 3 N–H and O–H groups in total. The first-order valence-corrected chi connectivity index (χ1v) is 19.7. The summed E-state index contributed by atoms with van der Waals surface area (Å²) in [5.74, 6) is -6.34. The summed E-state index contributed by atoms with van der Waals surface area (Å²) < 4.78 is 107. The number of fused-ring (bicyclic) bond motifs is 3. The second kappa shape index (κ2) is 16.4. The SMILES string of the molecule is CN([C@H](C(=O)N1C2CCC1CC(N)C2)C(F)(F)c1cccc(Oc2ccccc2)c1)S(=O)(=O)c1ccc2cc(OC3CCCC3)ccc2c1.O=C(O)C(F)(F)F. The molecule has 0 aromatic heterocycles. The minimum atomic E-state index is -5.08. The zero-order valence-electron chi connectivity index (χ0n) is 30.4. The van der Waals surface area contributed by atoms with E-state index in [0.29, 0.717) is 46.9 Å². The van der Waals surface area contributed by atoms with Crippen LogP contribution in [0.5, 0.6) is 17.2 Å². The largest absolute Gasteiger partial charge is 0.490 e. The molecule has 16 heteroatoms. The lowest BCUT2D eigenvalue weighted by molar-refractivity contribution is -0.192. The maximum atomic E-state index is 17.0.